The molecule has 1 unspecified atom stereocenters. The van der Waals surface area contributed by atoms with Crippen LogP contribution in [0, 0.1) is 0 Å². The molecule has 0 aliphatic heterocycles. The molecular weight excluding hydrogens is 174 g/mol. The van der Waals surface area contributed by atoms with Crippen LogP contribution in [-0.2, 0) is 9.53 Å². The standard InChI is InChI=1S/C8H13NO2S/c1-6(9-5-12)7(10)11-8(2,3)4/h6H,1-4H3. The predicted molar refractivity (Wildman–Crippen MR) is 50.3 cm³/mol. The Morgan fingerprint density at radius 2 is 2.08 bits per heavy atom. The van der Waals surface area contributed by atoms with E-state index in [1.54, 1.807) is 27.7 Å². The lowest BCUT2D eigenvalue weighted by molar-refractivity contribution is -0.155. The van der Waals surface area contributed by atoms with Gasteiger partial charge in [0.25, 0.3) is 0 Å². The van der Waals surface area contributed by atoms with E-state index in [0.29, 0.717) is 0 Å². The maximum Gasteiger partial charge on any atom is 0.331 e. The zero-order chi connectivity index (χ0) is 9.78. The van der Waals surface area contributed by atoms with Crippen LogP contribution in [0.1, 0.15) is 27.7 Å². The van der Waals surface area contributed by atoms with Crippen molar-refractivity contribution in [2.24, 2.45) is 4.99 Å². The van der Waals surface area contributed by atoms with Gasteiger partial charge in [0, 0.05) is 0 Å². The van der Waals surface area contributed by atoms with Crippen LogP contribution in [0.5, 0.6) is 0 Å². The molecule has 0 rings (SSSR count). The molecule has 0 aliphatic rings. The first-order valence-corrected chi connectivity index (χ1v) is 4.07. The Bertz CT molecular complexity index is 214. The Hall–Kier alpha value is -0.730. The number of aliphatic imine (C=N–C) groups is 1. The Kier molecular flexibility index (Phi) is 4.07. The van der Waals surface area contributed by atoms with Crippen molar-refractivity contribution in [3.8, 4) is 0 Å². The molecule has 0 aromatic carbocycles. The van der Waals surface area contributed by atoms with Crippen LogP contribution in [0.4, 0.5) is 0 Å². The normalized spacial score (nSPS) is 13.0. The van der Waals surface area contributed by atoms with E-state index in [9.17, 15) is 4.79 Å². The van der Waals surface area contributed by atoms with Gasteiger partial charge < -0.3 is 4.74 Å². The van der Waals surface area contributed by atoms with Gasteiger partial charge in [-0.05, 0) is 39.9 Å². The van der Waals surface area contributed by atoms with Crippen LogP contribution < -0.4 is 0 Å². The van der Waals surface area contributed by atoms with Crippen molar-refractivity contribution >= 4 is 23.3 Å². The van der Waals surface area contributed by atoms with Gasteiger partial charge >= 0.3 is 5.97 Å². The van der Waals surface area contributed by atoms with E-state index >= 15 is 0 Å². The maximum atomic E-state index is 11.1. The second kappa shape index (κ2) is 4.33. The summed E-state index contributed by atoms with van der Waals surface area (Å²) in [6, 6.07) is -0.554. The van der Waals surface area contributed by atoms with Crippen LogP contribution in [0.25, 0.3) is 0 Å². The lowest BCUT2D eigenvalue weighted by Gasteiger charge is -2.20. The quantitative estimate of drug-likeness (QED) is 0.376. The molecule has 0 fully saturated rings. The van der Waals surface area contributed by atoms with Crippen LogP contribution in [-0.4, -0.2) is 22.8 Å². The third-order valence-electron chi connectivity index (χ3n) is 0.994. The van der Waals surface area contributed by atoms with Gasteiger partial charge in [0.1, 0.15) is 5.60 Å². The molecule has 0 bridgehead atoms. The number of hydrogen-bond donors (Lipinski definition) is 0. The average molecular weight is 187 g/mol. The SMILES string of the molecule is CC(N=C=S)C(=O)OC(C)(C)C. The Labute approximate surface area is 77.8 Å². The number of carbonyl (C=O) groups is 1. The van der Waals surface area contributed by atoms with Crippen molar-refractivity contribution in [3.63, 3.8) is 0 Å². The van der Waals surface area contributed by atoms with E-state index in [0.717, 1.165) is 0 Å². The van der Waals surface area contributed by atoms with Gasteiger partial charge in [0.05, 0.1) is 5.16 Å². The van der Waals surface area contributed by atoms with Gasteiger partial charge in [-0.15, -0.1) is 0 Å². The summed E-state index contributed by atoms with van der Waals surface area (Å²) in [6.45, 7) is 7.03. The lowest BCUT2D eigenvalue weighted by atomic mass is 10.2. The molecule has 12 heavy (non-hydrogen) atoms. The summed E-state index contributed by atoms with van der Waals surface area (Å²) < 4.78 is 5.03. The fraction of sp³-hybridized carbons (Fsp3) is 0.750. The number of thiocarbonyl (C=S) groups is 1. The predicted octanol–water partition coefficient (Wildman–Crippen LogP) is 1.82. The van der Waals surface area contributed by atoms with Gasteiger partial charge in [0.2, 0.25) is 0 Å². The largest absolute Gasteiger partial charge is 0.458 e. The minimum absolute atomic E-state index is 0.375. The summed E-state index contributed by atoms with van der Waals surface area (Å²) >= 11 is 4.36. The molecule has 0 saturated heterocycles. The smallest absolute Gasteiger partial charge is 0.331 e. The molecule has 4 heteroatoms. The van der Waals surface area contributed by atoms with Crippen molar-refractivity contribution in [1.29, 1.82) is 0 Å². The first kappa shape index (κ1) is 11.3. The van der Waals surface area contributed by atoms with Gasteiger partial charge in [-0.2, -0.15) is 0 Å². The van der Waals surface area contributed by atoms with Crippen molar-refractivity contribution < 1.29 is 9.53 Å². The molecule has 0 aromatic heterocycles. The van der Waals surface area contributed by atoms with E-state index in [2.05, 4.69) is 22.4 Å². The molecule has 1 atom stereocenters. The number of isothiocyanates is 1. The number of nitrogens with zero attached hydrogens (tertiary/aromatic N) is 1. The van der Waals surface area contributed by atoms with Crippen molar-refractivity contribution in [2.45, 2.75) is 39.3 Å². The molecule has 0 aromatic rings. The summed E-state index contributed by atoms with van der Waals surface area (Å²) in [6.07, 6.45) is 0. The van der Waals surface area contributed by atoms with E-state index in [4.69, 9.17) is 4.74 Å². The third kappa shape index (κ3) is 4.99. The first-order valence-electron chi connectivity index (χ1n) is 3.66. The average Bonchev–Trinajstić information content (AvgIpc) is 1.84. The highest BCUT2D eigenvalue weighted by Gasteiger charge is 2.20. The summed E-state index contributed by atoms with van der Waals surface area (Å²) in [7, 11) is 0. The van der Waals surface area contributed by atoms with Crippen LogP contribution >= 0.6 is 12.2 Å². The maximum absolute atomic E-state index is 11.1. The summed E-state index contributed by atoms with van der Waals surface area (Å²) in [5.41, 5.74) is -0.470. The topological polar surface area (TPSA) is 38.7 Å². The van der Waals surface area contributed by atoms with E-state index < -0.39 is 11.6 Å². The molecular formula is C8H13NO2S. The summed E-state index contributed by atoms with van der Waals surface area (Å²) in [5.74, 6) is -0.375. The van der Waals surface area contributed by atoms with Crippen LogP contribution in [0.3, 0.4) is 0 Å². The van der Waals surface area contributed by atoms with Gasteiger partial charge in [-0.1, -0.05) is 0 Å². The van der Waals surface area contributed by atoms with Gasteiger partial charge in [-0.3, -0.25) is 0 Å². The summed E-state index contributed by atoms with van der Waals surface area (Å²) in [4.78, 5) is 14.7. The molecule has 0 amide bonds. The fourth-order valence-electron chi connectivity index (χ4n) is 0.519. The molecule has 68 valence electrons. The number of carbonyl (C=O) groups excluding carboxylic acids is 1. The van der Waals surface area contributed by atoms with E-state index in [-0.39, 0.29) is 5.97 Å². The zero-order valence-corrected chi connectivity index (χ0v) is 8.57. The highest BCUT2D eigenvalue weighted by molar-refractivity contribution is 7.78. The number of esters is 1. The molecule has 0 aliphatic carbocycles. The summed E-state index contributed by atoms with van der Waals surface area (Å²) in [5, 5.41) is 2.14. The van der Waals surface area contributed by atoms with Crippen LogP contribution in [0.2, 0.25) is 0 Å². The second-order valence-corrected chi connectivity index (χ2v) is 3.61. The van der Waals surface area contributed by atoms with Gasteiger partial charge in [-0.25, -0.2) is 9.79 Å². The van der Waals surface area contributed by atoms with E-state index in [1.165, 1.54) is 0 Å². The van der Waals surface area contributed by atoms with Crippen molar-refractivity contribution in [2.75, 3.05) is 0 Å². The molecule has 0 radical (unpaired) electrons. The minimum Gasteiger partial charge on any atom is -0.458 e. The highest BCUT2D eigenvalue weighted by atomic mass is 32.1. The van der Waals surface area contributed by atoms with Crippen molar-refractivity contribution in [1.82, 2.24) is 0 Å². The van der Waals surface area contributed by atoms with Crippen LogP contribution in [0.15, 0.2) is 4.99 Å². The van der Waals surface area contributed by atoms with Crippen molar-refractivity contribution in [3.05, 3.63) is 0 Å². The monoisotopic (exact) mass is 187 g/mol. The Balaban J connectivity index is 4.14. The number of ether oxygens (including phenoxy) is 1. The zero-order valence-electron chi connectivity index (χ0n) is 7.75. The number of hydrogen-bond acceptors (Lipinski definition) is 4. The molecule has 0 spiro atoms. The molecule has 3 nitrogen and oxygen atoms in total. The molecule has 0 heterocycles. The molecule has 0 saturated carbocycles. The molecule has 0 N–H and O–H groups in total. The number of rotatable bonds is 2. The van der Waals surface area contributed by atoms with Gasteiger partial charge in [0.15, 0.2) is 6.04 Å². The Morgan fingerprint density at radius 1 is 1.58 bits per heavy atom. The Morgan fingerprint density at radius 3 is 2.42 bits per heavy atom. The highest BCUT2D eigenvalue weighted by Crippen LogP contribution is 2.09. The van der Waals surface area contributed by atoms with E-state index in [1.807, 2.05) is 0 Å². The minimum atomic E-state index is -0.554. The fourth-order valence-corrected chi connectivity index (χ4v) is 0.677. The lowest BCUT2D eigenvalue weighted by Crippen LogP contribution is -2.29. The second-order valence-electron chi connectivity index (χ2n) is 3.43. The third-order valence-corrected chi connectivity index (χ3v) is 1.10. The first-order chi connectivity index (χ1) is 5.37.